The second kappa shape index (κ2) is 4.62. The first-order valence-electron chi connectivity index (χ1n) is 6.34. The minimum absolute atomic E-state index is 0.555. The Morgan fingerprint density at radius 3 is 2.56 bits per heavy atom. The highest BCUT2D eigenvalue weighted by atomic mass is 16.3. The monoisotopic (exact) mass is 221 g/mol. The van der Waals surface area contributed by atoms with Crippen LogP contribution in [0.1, 0.15) is 51.1 Å². The first-order valence-corrected chi connectivity index (χ1v) is 6.34. The van der Waals surface area contributed by atoms with E-state index >= 15 is 0 Å². The van der Waals surface area contributed by atoms with Crippen LogP contribution in [0.15, 0.2) is 16.5 Å². The van der Waals surface area contributed by atoms with E-state index in [1.807, 2.05) is 13.0 Å². The van der Waals surface area contributed by atoms with Crippen LogP contribution >= 0.6 is 0 Å². The van der Waals surface area contributed by atoms with Crippen LogP contribution in [0.25, 0.3) is 0 Å². The third-order valence-electron chi connectivity index (χ3n) is 3.70. The molecule has 2 heteroatoms. The molecule has 2 rings (SSSR count). The van der Waals surface area contributed by atoms with Gasteiger partial charge in [0.05, 0.1) is 6.54 Å². The Labute approximate surface area is 98.4 Å². The lowest BCUT2D eigenvalue weighted by Crippen LogP contribution is -2.35. The average molecular weight is 221 g/mol. The molecule has 0 amide bonds. The van der Waals surface area contributed by atoms with E-state index in [-0.39, 0.29) is 0 Å². The van der Waals surface area contributed by atoms with Crippen molar-refractivity contribution in [3.8, 4) is 0 Å². The highest BCUT2D eigenvalue weighted by Crippen LogP contribution is 2.35. The lowest BCUT2D eigenvalue weighted by molar-refractivity contribution is 0.204. The van der Waals surface area contributed by atoms with Crippen LogP contribution < -0.4 is 5.32 Å². The standard InChI is InChI=1S/C14H23NO/c1-11-4-5-13(16-11)10-15-12-6-8-14(2,3)9-7-12/h4-5,12,15H,6-10H2,1-3H3. The first-order chi connectivity index (χ1) is 7.55. The highest BCUT2D eigenvalue weighted by molar-refractivity contribution is 5.05. The molecule has 1 fully saturated rings. The summed E-state index contributed by atoms with van der Waals surface area (Å²) in [5, 5.41) is 3.60. The van der Waals surface area contributed by atoms with Crippen molar-refractivity contribution in [2.45, 2.75) is 59.0 Å². The number of nitrogens with one attached hydrogen (secondary N) is 1. The largest absolute Gasteiger partial charge is 0.465 e. The first kappa shape index (κ1) is 11.7. The lowest BCUT2D eigenvalue weighted by Gasteiger charge is -2.34. The van der Waals surface area contributed by atoms with Crippen molar-refractivity contribution >= 4 is 0 Å². The Balaban J connectivity index is 1.75. The molecule has 90 valence electrons. The number of furan rings is 1. The molecule has 16 heavy (non-hydrogen) atoms. The highest BCUT2D eigenvalue weighted by Gasteiger charge is 2.26. The molecule has 0 radical (unpaired) electrons. The second-order valence-corrected chi connectivity index (χ2v) is 5.83. The topological polar surface area (TPSA) is 25.2 Å². The predicted octanol–water partition coefficient (Wildman–Crippen LogP) is 3.65. The van der Waals surface area contributed by atoms with E-state index in [4.69, 9.17) is 4.42 Å². The van der Waals surface area contributed by atoms with Crippen molar-refractivity contribution in [2.24, 2.45) is 5.41 Å². The minimum atomic E-state index is 0.555. The van der Waals surface area contributed by atoms with Crippen molar-refractivity contribution in [3.05, 3.63) is 23.7 Å². The molecule has 0 atom stereocenters. The quantitative estimate of drug-likeness (QED) is 0.843. The molecule has 1 aliphatic rings. The summed E-state index contributed by atoms with van der Waals surface area (Å²) in [4.78, 5) is 0. The molecule has 0 spiro atoms. The zero-order valence-electron chi connectivity index (χ0n) is 10.7. The Kier molecular flexibility index (Phi) is 3.38. The van der Waals surface area contributed by atoms with E-state index in [9.17, 15) is 0 Å². The number of rotatable bonds is 3. The molecular weight excluding hydrogens is 198 g/mol. The van der Waals surface area contributed by atoms with Crippen molar-refractivity contribution in [2.75, 3.05) is 0 Å². The van der Waals surface area contributed by atoms with E-state index in [1.165, 1.54) is 25.7 Å². The van der Waals surface area contributed by atoms with E-state index in [0.29, 0.717) is 11.5 Å². The fourth-order valence-corrected chi connectivity index (χ4v) is 2.43. The third kappa shape index (κ3) is 3.11. The van der Waals surface area contributed by atoms with Gasteiger partial charge in [0.1, 0.15) is 11.5 Å². The van der Waals surface area contributed by atoms with Gasteiger partial charge in [0.25, 0.3) is 0 Å². The van der Waals surface area contributed by atoms with E-state index in [1.54, 1.807) is 0 Å². The summed E-state index contributed by atoms with van der Waals surface area (Å²) in [6.07, 6.45) is 5.27. The average Bonchev–Trinajstić information content (AvgIpc) is 2.63. The van der Waals surface area contributed by atoms with E-state index in [0.717, 1.165) is 18.1 Å². The second-order valence-electron chi connectivity index (χ2n) is 5.83. The van der Waals surface area contributed by atoms with Crippen LogP contribution in [0.5, 0.6) is 0 Å². The zero-order valence-corrected chi connectivity index (χ0v) is 10.7. The number of hydrogen-bond acceptors (Lipinski definition) is 2. The summed E-state index contributed by atoms with van der Waals surface area (Å²) in [5.74, 6) is 2.06. The Morgan fingerprint density at radius 2 is 2.00 bits per heavy atom. The smallest absolute Gasteiger partial charge is 0.117 e. The maximum absolute atomic E-state index is 5.55. The van der Waals surface area contributed by atoms with Gasteiger partial charge in [-0.25, -0.2) is 0 Å². The van der Waals surface area contributed by atoms with Gasteiger partial charge in [-0.1, -0.05) is 13.8 Å². The summed E-state index contributed by atoms with van der Waals surface area (Å²) in [6.45, 7) is 7.61. The molecule has 1 aromatic heterocycles. The summed E-state index contributed by atoms with van der Waals surface area (Å²) >= 11 is 0. The zero-order chi connectivity index (χ0) is 11.6. The van der Waals surface area contributed by atoms with Gasteiger partial charge in [-0.15, -0.1) is 0 Å². The minimum Gasteiger partial charge on any atom is -0.465 e. The fourth-order valence-electron chi connectivity index (χ4n) is 2.43. The van der Waals surface area contributed by atoms with Gasteiger partial charge in [0.15, 0.2) is 0 Å². The summed E-state index contributed by atoms with van der Waals surface area (Å²) in [7, 11) is 0. The molecule has 2 nitrogen and oxygen atoms in total. The molecular formula is C14H23NO. The van der Waals surface area contributed by atoms with Crippen molar-refractivity contribution in [3.63, 3.8) is 0 Å². The SMILES string of the molecule is Cc1ccc(CNC2CCC(C)(C)CC2)o1. The molecule has 1 saturated carbocycles. The summed E-state index contributed by atoms with van der Waals surface area (Å²) in [6, 6.07) is 4.77. The fraction of sp³-hybridized carbons (Fsp3) is 0.714. The molecule has 1 N–H and O–H groups in total. The number of hydrogen-bond donors (Lipinski definition) is 1. The predicted molar refractivity (Wildman–Crippen MR) is 66.3 cm³/mol. The van der Waals surface area contributed by atoms with Crippen LogP contribution in [0.2, 0.25) is 0 Å². The van der Waals surface area contributed by atoms with Gasteiger partial charge in [0, 0.05) is 6.04 Å². The van der Waals surface area contributed by atoms with Gasteiger partial charge >= 0.3 is 0 Å². The van der Waals surface area contributed by atoms with Crippen LogP contribution in [0, 0.1) is 12.3 Å². The Bertz CT molecular complexity index is 330. The van der Waals surface area contributed by atoms with Gasteiger partial charge in [-0.05, 0) is 50.2 Å². The van der Waals surface area contributed by atoms with Crippen molar-refractivity contribution in [1.82, 2.24) is 5.32 Å². The van der Waals surface area contributed by atoms with Gasteiger partial charge in [0.2, 0.25) is 0 Å². The molecule has 0 aromatic carbocycles. The van der Waals surface area contributed by atoms with Crippen LogP contribution in [0.4, 0.5) is 0 Å². The normalized spacial score (nSPS) is 21.2. The lowest BCUT2D eigenvalue weighted by atomic mass is 9.75. The third-order valence-corrected chi connectivity index (χ3v) is 3.70. The van der Waals surface area contributed by atoms with Crippen LogP contribution in [-0.4, -0.2) is 6.04 Å². The number of aryl methyl sites for hydroxylation is 1. The van der Waals surface area contributed by atoms with E-state index in [2.05, 4.69) is 25.2 Å². The summed E-state index contributed by atoms with van der Waals surface area (Å²) < 4.78 is 5.55. The molecule has 1 heterocycles. The van der Waals surface area contributed by atoms with Gasteiger partial charge < -0.3 is 9.73 Å². The molecule has 1 aromatic rings. The summed E-state index contributed by atoms with van der Waals surface area (Å²) in [5.41, 5.74) is 0.555. The molecule has 0 aliphatic heterocycles. The Hall–Kier alpha value is -0.760. The van der Waals surface area contributed by atoms with Crippen molar-refractivity contribution in [1.29, 1.82) is 0 Å². The van der Waals surface area contributed by atoms with Crippen molar-refractivity contribution < 1.29 is 4.42 Å². The van der Waals surface area contributed by atoms with Crippen LogP contribution in [0.3, 0.4) is 0 Å². The molecule has 0 unspecified atom stereocenters. The maximum Gasteiger partial charge on any atom is 0.117 e. The molecule has 1 aliphatic carbocycles. The van der Waals surface area contributed by atoms with Gasteiger partial charge in [-0.2, -0.15) is 0 Å². The molecule has 0 saturated heterocycles. The Morgan fingerprint density at radius 1 is 1.31 bits per heavy atom. The van der Waals surface area contributed by atoms with E-state index < -0.39 is 0 Å². The molecule has 0 bridgehead atoms. The maximum atomic E-state index is 5.55. The van der Waals surface area contributed by atoms with Gasteiger partial charge in [-0.3, -0.25) is 0 Å². The van der Waals surface area contributed by atoms with Crippen LogP contribution in [-0.2, 0) is 6.54 Å².